The van der Waals surface area contributed by atoms with E-state index in [4.69, 9.17) is 0 Å². The van der Waals surface area contributed by atoms with Crippen molar-refractivity contribution in [3.8, 4) is 33.4 Å². The van der Waals surface area contributed by atoms with Gasteiger partial charge in [-0.05, 0) is 112 Å². The van der Waals surface area contributed by atoms with Gasteiger partial charge in [0.25, 0.3) is 0 Å². The number of anilines is 6. The number of para-hydroxylation sites is 4. The third-order valence-electron chi connectivity index (χ3n) is 11.3. The first kappa shape index (κ1) is 35.0. The maximum absolute atomic E-state index is 2.40. The smallest absolute Gasteiger partial charge is 0.0540 e. The topological polar surface area (TPSA) is 6.48 Å². The fraction of sp³-hybridized carbons (Fsp3) is 0.0357. The van der Waals surface area contributed by atoms with Crippen LogP contribution in [-0.2, 0) is 6.42 Å². The normalized spacial score (nSPS) is 11.9. The Hall–Kier alpha value is -7.42. The quantitative estimate of drug-likeness (QED) is 0.145. The van der Waals surface area contributed by atoms with E-state index < -0.39 is 0 Å². The summed E-state index contributed by atoms with van der Waals surface area (Å²) in [6.45, 7) is 0. The molecule has 9 aromatic carbocycles. The van der Waals surface area contributed by atoms with Crippen molar-refractivity contribution in [2.75, 3.05) is 9.80 Å². The Morgan fingerprint density at radius 1 is 0.345 bits per heavy atom. The summed E-state index contributed by atoms with van der Waals surface area (Å²) in [6.07, 6.45) is 6.78. The van der Waals surface area contributed by atoms with Gasteiger partial charge in [-0.3, -0.25) is 0 Å². The van der Waals surface area contributed by atoms with Gasteiger partial charge in [-0.25, -0.2) is 0 Å². The molecule has 0 aromatic heterocycles. The van der Waals surface area contributed by atoms with Gasteiger partial charge in [0.15, 0.2) is 0 Å². The van der Waals surface area contributed by atoms with E-state index in [1.54, 1.807) is 0 Å². The highest BCUT2D eigenvalue weighted by Crippen LogP contribution is 2.45. The molecule has 0 N–H and O–H groups in total. The SMILES string of the molecule is C1=Cc2cc(-c3ccc(N(c4ccccc4)c4ccccc4-c4ccc(-c5ccccc5N(c5ccccc5)c5cccc6ccccc56)cc4)cc3)ccc2CC1. The lowest BCUT2D eigenvalue weighted by Gasteiger charge is -2.29. The van der Waals surface area contributed by atoms with E-state index in [2.05, 4.69) is 240 Å². The average Bonchev–Trinajstić information content (AvgIpc) is 3.30. The molecule has 0 amide bonds. The number of nitrogens with zero attached hydrogens (tertiary/aromatic N) is 2. The molecule has 10 rings (SSSR count). The summed E-state index contributed by atoms with van der Waals surface area (Å²) in [4.78, 5) is 4.77. The molecule has 2 nitrogen and oxygen atoms in total. The summed E-state index contributed by atoms with van der Waals surface area (Å²) < 4.78 is 0. The zero-order chi connectivity index (χ0) is 38.7. The summed E-state index contributed by atoms with van der Waals surface area (Å²) in [5, 5.41) is 2.43. The molecule has 2 heteroatoms. The third-order valence-corrected chi connectivity index (χ3v) is 11.3. The second kappa shape index (κ2) is 15.6. The van der Waals surface area contributed by atoms with Crippen molar-refractivity contribution in [1.82, 2.24) is 0 Å². The van der Waals surface area contributed by atoms with E-state index in [9.17, 15) is 0 Å². The van der Waals surface area contributed by atoms with Gasteiger partial charge in [0.1, 0.15) is 0 Å². The van der Waals surface area contributed by atoms with E-state index in [1.807, 2.05) is 0 Å². The Morgan fingerprint density at radius 3 is 1.53 bits per heavy atom. The number of fused-ring (bicyclic) bond motifs is 2. The zero-order valence-electron chi connectivity index (χ0n) is 32.2. The Labute approximate surface area is 341 Å². The average molecular weight is 743 g/mol. The minimum absolute atomic E-state index is 1.11. The predicted octanol–water partition coefficient (Wildman–Crippen LogP) is 15.7. The molecule has 0 unspecified atom stereocenters. The minimum Gasteiger partial charge on any atom is -0.310 e. The van der Waals surface area contributed by atoms with Gasteiger partial charge in [0, 0.05) is 33.6 Å². The van der Waals surface area contributed by atoms with Crippen LogP contribution in [0.1, 0.15) is 17.5 Å². The molecule has 1 aliphatic carbocycles. The van der Waals surface area contributed by atoms with E-state index in [-0.39, 0.29) is 0 Å². The summed E-state index contributed by atoms with van der Waals surface area (Å²) in [6, 6.07) is 79.1. The number of hydrogen-bond acceptors (Lipinski definition) is 2. The molecule has 0 bridgehead atoms. The van der Waals surface area contributed by atoms with Crippen LogP contribution in [0, 0.1) is 0 Å². The van der Waals surface area contributed by atoms with Crippen molar-refractivity contribution in [3.05, 3.63) is 236 Å². The van der Waals surface area contributed by atoms with E-state index in [0.29, 0.717) is 0 Å². The van der Waals surface area contributed by atoms with Gasteiger partial charge < -0.3 is 9.80 Å². The van der Waals surface area contributed by atoms with Gasteiger partial charge in [-0.15, -0.1) is 0 Å². The summed E-state index contributed by atoms with van der Waals surface area (Å²) in [5.74, 6) is 0. The molecule has 58 heavy (non-hydrogen) atoms. The molecule has 276 valence electrons. The second-order valence-electron chi connectivity index (χ2n) is 14.9. The van der Waals surface area contributed by atoms with E-state index in [0.717, 1.165) is 58.1 Å². The second-order valence-corrected chi connectivity index (χ2v) is 14.9. The Kier molecular flexibility index (Phi) is 9.43. The van der Waals surface area contributed by atoms with Crippen molar-refractivity contribution < 1.29 is 0 Å². The van der Waals surface area contributed by atoms with Crippen molar-refractivity contribution in [1.29, 1.82) is 0 Å². The van der Waals surface area contributed by atoms with Crippen LogP contribution in [0.4, 0.5) is 34.1 Å². The first-order valence-corrected chi connectivity index (χ1v) is 20.2. The number of benzene rings is 9. The van der Waals surface area contributed by atoms with Crippen molar-refractivity contribution >= 4 is 51.0 Å². The largest absolute Gasteiger partial charge is 0.310 e. The molecule has 0 radical (unpaired) electrons. The maximum Gasteiger partial charge on any atom is 0.0540 e. The fourth-order valence-corrected chi connectivity index (χ4v) is 8.46. The number of allylic oxidation sites excluding steroid dienone is 1. The number of rotatable bonds is 9. The molecule has 0 spiro atoms. The van der Waals surface area contributed by atoms with Crippen LogP contribution in [0.3, 0.4) is 0 Å². The Balaban J connectivity index is 1.03. The first-order chi connectivity index (χ1) is 28.8. The molecular weight excluding hydrogens is 701 g/mol. The van der Waals surface area contributed by atoms with Gasteiger partial charge in [0.2, 0.25) is 0 Å². The molecule has 0 fully saturated rings. The molecule has 1 aliphatic rings. The van der Waals surface area contributed by atoms with Gasteiger partial charge in [0.05, 0.1) is 17.1 Å². The molecule has 0 aliphatic heterocycles. The van der Waals surface area contributed by atoms with Gasteiger partial charge in [-0.2, -0.15) is 0 Å². The first-order valence-electron chi connectivity index (χ1n) is 20.2. The van der Waals surface area contributed by atoms with Crippen LogP contribution in [-0.4, -0.2) is 0 Å². The van der Waals surface area contributed by atoms with Crippen LogP contribution in [0.15, 0.2) is 224 Å². The molecule has 9 aromatic rings. The van der Waals surface area contributed by atoms with Crippen LogP contribution in [0.25, 0.3) is 50.2 Å². The lowest BCUT2D eigenvalue weighted by molar-refractivity contribution is 0.986. The lowest BCUT2D eigenvalue weighted by atomic mass is 9.93. The molecule has 0 saturated heterocycles. The highest BCUT2D eigenvalue weighted by Gasteiger charge is 2.20. The standard InChI is InChI=1S/C56H42N2/c1-3-20-48(21-4-1)57(50-38-36-42(37-39-50)47-35-30-41-16-7-8-18-46(41)40-47)54-27-13-11-25-52(54)44-31-33-45(34-32-44)53-26-12-14-28-55(53)58(49-22-5-2-6-23-49)56-29-15-19-43-17-9-10-24-51(43)56/h1-6,8-15,17-40H,7,16H2. The summed E-state index contributed by atoms with van der Waals surface area (Å²) in [5.41, 5.74) is 16.6. The van der Waals surface area contributed by atoms with Crippen LogP contribution < -0.4 is 9.80 Å². The summed E-state index contributed by atoms with van der Waals surface area (Å²) in [7, 11) is 0. The molecular formula is C56H42N2. The third kappa shape index (κ3) is 6.76. The summed E-state index contributed by atoms with van der Waals surface area (Å²) >= 11 is 0. The van der Waals surface area contributed by atoms with Crippen molar-refractivity contribution in [2.24, 2.45) is 0 Å². The Morgan fingerprint density at radius 2 is 0.845 bits per heavy atom. The highest BCUT2D eigenvalue weighted by atomic mass is 15.2. The van der Waals surface area contributed by atoms with Gasteiger partial charge >= 0.3 is 0 Å². The number of hydrogen-bond donors (Lipinski definition) is 0. The van der Waals surface area contributed by atoms with E-state index in [1.165, 1.54) is 44.2 Å². The monoisotopic (exact) mass is 742 g/mol. The van der Waals surface area contributed by atoms with Crippen molar-refractivity contribution in [2.45, 2.75) is 12.8 Å². The van der Waals surface area contributed by atoms with Gasteiger partial charge in [-0.1, -0.05) is 170 Å². The maximum atomic E-state index is 2.40. The van der Waals surface area contributed by atoms with Crippen molar-refractivity contribution in [3.63, 3.8) is 0 Å². The Bertz CT molecular complexity index is 2870. The molecule has 0 heterocycles. The van der Waals surface area contributed by atoms with Crippen LogP contribution in [0.2, 0.25) is 0 Å². The van der Waals surface area contributed by atoms with Crippen LogP contribution >= 0.6 is 0 Å². The van der Waals surface area contributed by atoms with E-state index >= 15 is 0 Å². The molecule has 0 saturated carbocycles. The minimum atomic E-state index is 1.11. The molecule has 0 atom stereocenters. The number of aryl methyl sites for hydroxylation is 1. The predicted molar refractivity (Wildman–Crippen MR) is 247 cm³/mol. The highest BCUT2D eigenvalue weighted by molar-refractivity contribution is 6.01. The lowest BCUT2D eigenvalue weighted by Crippen LogP contribution is -2.11. The fourth-order valence-electron chi connectivity index (χ4n) is 8.46. The van der Waals surface area contributed by atoms with Crippen LogP contribution in [0.5, 0.6) is 0 Å². The zero-order valence-corrected chi connectivity index (χ0v) is 32.2.